The van der Waals surface area contributed by atoms with Gasteiger partial charge in [0, 0.05) is 13.1 Å². The molecule has 3 heterocycles. The van der Waals surface area contributed by atoms with Gasteiger partial charge in [-0.25, -0.2) is 9.97 Å². The van der Waals surface area contributed by atoms with E-state index >= 15 is 0 Å². The molecule has 0 radical (unpaired) electrons. The van der Waals surface area contributed by atoms with Gasteiger partial charge in [0.2, 0.25) is 0 Å². The van der Waals surface area contributed by atoms with Gasteiger partial charge in [0.1, 0.15) is 9.34 Å². The van der Waals surface area contributed by atoms with Crippen LogP contribution in [0.15, 0.2) is 6.33 Å². The molecule has 1 aliphatic rings. The molecule has 0 aliphatic carbocycles. The Labute approximate surface area is 96.0 Å². The Bertz CT molecular complexity index is 538. The van der Waals surface area contributed by atoms with Crippen molar-refractivity contribution < 1.29 is 0 Å². The molecule has 4 nitrogen and oxygen atoms in total. The number of anilines is 1. The molecule has 0 atom stereocenters. The number of aromatic amines is 1. The van der Waals surface area contributed by atoms with Crippen LogP contribution in [0, 0.1) is 4.64 Å². The second kappa shape index (κ2) is 3.53. The number of rotatable bonds is 1. The largest absolute Gasteiger partial charge is 0.348 e. The molecule has 0 unspecified atom stereocenters. The Kier molecular flexibility index (Phi) is 2.17. The Hall–Kier alpha value is -1.01. The van der Waals surface area contributed by atoms with Gasteiger partial charge < -0.3 is 9.88 Å². The van der Waals surface area contributed by atoms with Crippen molar-refractivity contribution in [2.45, 2.75) is 12.8 Å². The molecule has 2 aromatic heterocycles. The third-order valence-electron chi connectivity index (χ3n) is 2.57. The van der Waals surface area contributed by atoms with Crippen LogP contribution >= 0.6 is 23.6 Å². The average molecular weight is 238 g/mol. The lowest BCUT2D eigenvalue weighted by atomic mass is 10.4. The van der Waals surface area contributed by atoms with E-state index in [-0.39, 0.29) is 0 Å². The minimum Gasteiger partial charge on any atom is -0.348 e. The lowest BCUT2D eigenvalue weighted by molar-refractivity contribution is 0.949. The van der Waals surface area contributed by atoms with Gasteiger partial charge in [0.25, 0.3) is 0 Å². The summed E-state index contributed by atoms with van der Waals surface area (Å²) < 4.78 is 1.64. The van der Waals surface area contributed by atoms with Gasteiger partial charge in [-0.3, -0.25) is 0 Å². The highest BCUT2D eigenvalue weighted by molar-refractivity contribution is 7.71. The standard InChI is InChI=1S/C9H10N4S2/c14-8-6-7(10-5-11-8)12-9(15-6)13-3-1-2-4-13/h5H,1-4H2,(H,10,11,14). The second-order valence-electron chi connectivity index (χ2n) is 3.58. The lowest BCUT2D eigenvalue weighted by Gasteiger charge is -2.11. The fourth-order valence-electron chi connectivity index (χ4n) is 1.81. The molecular weight excluding hydrogens is 228 g/mol. The Morgan fingerprint density at radius 1 is 1.40 bits per heavy atom. The van der Waals surface area contributed by atoms with Crippen molar-refractivity contribution in [1.82, 2.24) is 15.0 Å². The third-order valence-corrected chi connectivity index (χ3v) is 4.13. The molecule has 6 heteroatoms. The Balaban J connectivity index is 2.13. The molecule has 78 valence electrons. The van der Waals surface area contributed by atoms with E-state index in [0.717, 1.165) is 28.6 Å². The second-order valence-corrected chi connectivity index (χ2v) is 4.94. The van der Waals surface area contributed by atoms with Gasteiger partial charge in [0.05, 0.1) is 6.33 Å². The fourth-order valence-corrected chi connectivity index (χ4v) is 3.05. The van der Waals surface area contributed by atoms with Crippen LogP contribution in [0.1, 0.15) is 12.8 Å². The highest BCUT2D eigenvalue weighted by Gasteiger charge is 2.16. The first-order valence-corrected chi connectivity index (χ1v) is 6.16. The van der Waals surface area contributed by atoms with E-state index < -0.39 is 0 Å². The highest BCUT2D eigenvalue weighted by atomic mass is 32.1. The number of fused-ring (bicyclic) bond motifs is 1. The summed E-state index contributed by atoms with van der Waals surface area (Å²) in [7, 11) is 0. The zero-order valence-electron chi connectivity index (χ0n) is 8.06. The van der Waals surface area contributed by atoms with E-state index in [4.69, 9.17) is 12.2 Å². The van der Waals surface area contributed by atoms with E-state index in [0.29, 0.717) is 4.64 Å². The summed E-state index contributed by atoms with van der Waals surface area (Å²) in [6, 6.07) is 0. The van der Waals surface area contributed by atoms with E-state index in [2.05, 4.69) is 19.9 Å². The maximum atomic E-state index is 5.16. The van der Waals surface area contributed by atoms with Crippen LogP contribution < -0.4 is 4.90 Å². The highest BCUT2D eigenvalue weighted by Crippen LogP contribution is 2.29. The minimum absolute atomic E-state index is 0.645. The maximum Gasteiger partial charge on any atom is 0.188 e. The SMILES string of the molecule is S=c1nc[nH]c2nc(N3CCCC3)sc12. The van der Waals surface area contributed by atoms with Crippen LogP contribution in [-0.2, 0) is 0 Å². The first kappa shape index (κ1) is 9.23. The van der Waals surface area contributed by atoms with Gasteiger partial charge in [-0.2, -0.15) is 0 Å². The zero-order chi connectivity index (χ0) is 10.3. The number of nitrogens with one attached hydrogen (secondary N) is 1. The van der Waals surface area contributed by atoms with Crippen molar-refractivity contribution in [2.75, 3.05) is 18.0 Å². The van der Waals surface area contributed by atoms with E-state index in [1.165, 1.54) is 12.8 Å². The van der Waals surface area contributed by atoms with Crippen molar-refractivity contribution in [3.05, 3.63) is 11.0 Å². The first-order chi connectivity index (χ1) is 7.34. The van der Waals surface area contributed by atoms with Gasteiger partial charge >= 0.3 is 0 Å². The van der Waals surface area contributed by atoms with Crippen molar-refractivity contribution in [3.8, 4) is 0 Å². The minimum atomic E-state index is 0.645. The summed E-state index contributed by atoms with van der Waals surface area (Å²) in [5.74, 6) is 0. The molecule has 1 saturated heterocycles. The van der Waals surface area contributed by atoms with Crippen LogP contribution in [-0.4, -0.2) is 28.0 Å². The third kappa shape index (κ3) is 1.53. The number of nitrogens with zero attached hydrogens (tertiary/aromatic N) is 3. The molecule has 1 aliphatic heterocycles. The normalized spacial score (nSPS) is 16.4. The predicted octanol–water partition coefficient (Wildman–Crippen LogP) is 2.35. The van der Waals surface area contributed by atoms with Crippen LogP contribution in [0.5, 0.6) is 0 Å². The zero-order valence-corrected chi connectivity index (χ0v) is 9.70. The monoisotopic (exact) mass is 238 g/mol. The molecule has 0 spiro atoms. The molecule has 1 N–H and O–H groups in total. The summed E-state index contributed by atoms with van der Waals surface area (Å²) in [5.41, 5.74) is 0.863. The summed E-state index contributed by atoms with van der Waals surface area (Å²) >= 11 is 6.80. The number of thiazole rings is 1. The quantitative estimate of drug-likeness (QED) is 0.775. The van der Waals surface area contributed by atoms with Crippen molar-refractivity contribution >= 4 is 39.0 Å². The lowest BCUT2D eigenvalue weighted by Crippen LogP contribution is -2.16. The van der Waals surface area contributed by atoms with Crippen molar-refractivity contribution in [1.29, 1.82) is 0 Å². The molecule has 15 heavy (non-hydrogen) atoms. The molecule has 3 rings (SSSR count). The number of aromatic nitrogens is 3. The van der Waals surface area contributed by atoms with Gasteiger partial charge in [0.15, 0.2) is 10.8 Å². The van der Waals surface area contributed by atoms with E-state index in [1.54, 1.807) is 17.7 Å². The first-order valence-electron chi connectivity index (χ1n) is 4.94. The number of hydrogen-bond donors (Lipinski definition) is 1. The number of H-pyrrole nitrogens is 1. The molecule has 0 amide bonds. The molecule has 0 aromatic carbocycles. The van der Waals surface area contributed by atoms with Gasteiger partial charge in [-0.1, -0.05) is 23.6 Å². The molecule has 1 fully saturated rings. The van der Waals surface area contributed by atoms with E-state index in [1.807, 2.05) is 0 Å². The van der Waals surface area contributed by atoms with Crippen molar-refractivity contribution in [3.63, 3.8) is 0 Å². The summed E-state index contributed by atoms with van der Waals surface area (Å²) in [4.78, 5) is 13.9. The Morgan fingerprint density at radius 3 is 2.93 bits per heavy atom. The fraction of sp³-hybridized carbons (Fsp3) is 0.444. The van der Waals surface area contributed by atoms with Crippen LogP contribution in [0.25, 0.3) is 10.3 Å². The molecular formula is C9H10N4S2. The molecule has 0 bridgehead atoms. The Morgan fingerprint density at radius 2 is 2.20 bits per heavy atom. The van der Waals surface area contributed by atoms with Crippen LogP contribution in [0.2, 0.25) is 0 Å². The van der Waals surface area contributed by atoms with Gasteiger partial charge in [-0.15, -0.1) is 0 Å². The van der Waals surface area contributed by atoms with Crippen molar-refractivity contribution in [2.24, 2.45) is 0 Å². The molecule has 2 aromatic rings. The topological polar surface area (TPSA) is 44.8 Å². The smallest absolute Gasteiger partial charge is 0.188 e. The van der Waals surface area contributed by atoms with Crippen LogP contribution in [0.4, 0.5) is 5.13 Å². The van der Waals surface area contributed by atoms with Gasteiger partial charge in [-0.05, 0) is 12.8 Å². The summed E-state index contributed by atoms with van der Waals surface area (Å²) in [5, 5.41) is 1.07. The molecule has 0 saturated carbocycles. The summed E-state index contributed by atoms with van der Waals surface area (Å²) in [6.07, 6.45) is 4.13. The predicted molar refractivity (Wildman–Crippen MR) is 64.0 cm³/mol. The maximum absolute atomic E-state index is 5.16. The van der Waals surface area contributed by atoms with E-state index in [9.17, 15) is 0 Å². The summed E-state index contributed by atoms with van der Waals surface area (Å²) in [6.45, 7) is 2.22. The van der Waals surface area contributed by atoms with Crippen LogP contribution in [0.3, 0.4) is 0 Å². The number of hydrogen-bond acceptors (Lipinski definition) is 5. The average Bonchev–Trinajstić information content (AvgIpc) is 2.86.